The van der Waals surface area contributed by atoms with Gasteiger partial charge in [0.25, 0.3) is 5.91 Å². The highest BCUT2D eigenvalue weighted by atomic mass is 19.1. The Morgan fingerprint density at radius 3 is 2.88 bits per heavy atom. The Balaban J connectivity index is 1.72. The van der Waals surface area contributed by atoms with Crippen LogP contribution in [0.2, 0.25) is 0 Å². The number of para-hydroxylation sites is 1. The molecular weight excluding hydrogens is 307 g/mol. The van der Waals surface area contributed by atoms with E-state index in [-0.39, 0.29) is 17.8 Å². The van der Waals surface area contributed by atoms with E-state index in [4.69, 9.17) is 4.74 Å². The molecule has 1 saturated heterocycles. The molecular formula is C19H19FN2O2. The summed E-state index contributed by atoms with van der Waals surface area (Å²) in [6.45, 7) is 1.24. The van der Waals surface area contributed by atoms with Crippen molar-refractivity contribution in [2.45, 2.75) is 25.1 Å². The Kier molecular flexibility index (Phi) is 3.94. The highest BCUT2D eigenvalue weighted by Crippen LogP contribution is 2.34. The van der Waals surface area contributed by atoms with Crippen LogP contribution in [0.3, 0.4) is 0 Å². The highest BCUT2D eigenvalue weighted by Gasteiger charge is 2.35. The normalized spacial score (nSPS) is 23.0. The molecule has 0 unspecified atom stereocenters. The van der Waals surface area contributed by atoms with Gasteiger partial charge >= 0.3 is 0 Å². The summed E-state index contributed by atoms with van der Waals surface area (Å²) in [6, 6.07) is 13.8. The van der Waals surface area contributed by atoms with Gasteiger partial charge in [-0.25, -0.2) is 4.39 Å². The monoisotopic (exact) mass is 326 g/mol. The van der Waals surface area contributed by atoms with Crippen molar-refractivity contribution in [1.82, 2.24) is 4.90 Å². The lowest BCUT2D eigenvalue weighted by atomic mass is 10.0. The van der Waals surface area contributed by atoms with Crippen molar-refractivity contribution in [3.8, 4) is 0 Å². The Morgan fingerprint density at radius 2 is 2.08 bits per heavy atom. The number of hydrogen-bond acceptors (Lipinski definition) is 3. The number of amides is 1. The van der Waals surface area contributed by atoms with Gasteiger partial charge in [-0.2, -0.15) is 0 Å². The predicted molar refractivity (Wildman–Crippen MR) is 89.2 cm³/mol. The predicted octanol–water partition coefficient (Wildman–Crippen LogP) is 3.57. The molecule has 2 aromatic carbocycles. The third-order valence-corrected chi connectivity index (χ3v) is 4.61. The summed E-state index contributed by atoms with van der Waals surface area (Å²) in [5.41, 5.74) is 2.15. The fourth-order valence-electron chi connectivity index (χ4n) is 3.43. The SMILES string of the molecule is O=C1c2ccccc2N[C@@H](c2cccc(F)c2)N1C[C@H]1CCCO1. The first-order valence-electron chi connectivity index (χ1n) is 8.26. The van der Waals surface area contributed by atoms with Crippen LogP contribution in [0.1, 0.15) is 34.9 Å². The molecule has 5 heteroatoms. The van der Waals surface area contributed by atoms with Crippen LogP contribution in [0.15, 0.2) is 48.5 Å². The van der Waals surface area contributed by atoms with Crippen molar-refractivity contribution >= 4 is 11.6 Å². The molecule has 0 radical (unpaired) electrons. The number of nitrogens with zero attached hydrogens (tertiary/aromatic N) is 1. The topological polar surface area (TPSA) is 41.6 Å². The molecule has 1 amide bonds. The highest BCUT2D eigenvalue weighted by molar-refractivity contribution is 6.01. The van der Waals surface area contributed by atoms with Crippen molar-refractivity contribution < 1.29 is 13.9 Å². The molecule has 4 rings (SSSR count). The van der Waals surface area contributed by atoms with Gasteiger partial charge in [-0.05, 0) is 42.7 Å². The van der Waals surface area contributed by atoms with E-state index >= 15 is 0 Å². The van der Waals surface area contributed by atoms with Crippen LogP contribution in [-0.2, 0) is 4.74 Å². The summed E-state index contributed by atoms with van der Waals surface area (Å²) in [4.78, 5) is 14.8. The molecule has 0 saturated carbocycles. The fraction of sp³-hybridized carbons (Fsp3) is 0.316. The van der Waals surface area contributed by atoms with Gasteiger partial charge in [0.15, 0.2) is 0 Å². The van der Waals surface area contributed by atoms with E-state index in [1.54, 1.807) is 11.0 Å². The molecule has 2 aliphatic rings. The number of hydrogen-bond donors (Lipinski definition) is 1. The number of ether oxygens (including phenoxy) is 1. The minimum atomic E-state index is -0.396. The van der Waals surface area contributed by atoms with Crippen LogP contribution in [0, 0.1) is 5.82 Å². The maximum absolute atomic E-state index is 13.7. The lowest BCUT2D eigenvalue weighted by molar-refractivity contribution is 0.0426. The summed E-state index contributed by atoms with van der Waals surface area (Å²) < 4.78 is 19.4. The van der Waals surface area contributed by atoms with Crippen LogP contribution < -0.4 is 5.32 Å². The van der Waals surface area contributed by atoms with Crippen LogP contribution in [0.4, 0.5) is 10.1 Å². The first-order valence-corrected chi connectivity index (χ1v) is 8.26. The van der Waals surface area contributed by atoms with E-state index in [9.17, 15) is 9.18 Å². The maximum atomic E-state index is 13.7. The van der Waals surface area contributed by atoms with Crippen LogP contribution in [0.5, 0.6) is 0 Å². The molecule has 2 atom stereocenters. The molecule has 124 valence electrons. The van der Waals surface area contributed by atoms with Gasteiger partial charge in [-0.3, -0.25) is 4.79 Å². The van der Waals surface area contributed by atoms with Gasteiger partial charge in [0.05, 0.1) is 11.7 Å². The van der Waals surface area contributed by atoms with E-state index in [0.29, 0.717) is 12.1 Å². The Bertz CT molecular complexity index is 759. The summed E-state index contributed by atoms with van der Waals surface area (Å²) in [5.74, 6) is -0.355. The molecule has 1 N–H and O–H groups in total. The summed E-state index contributed by atoms with van der Waals surface area (Å²) >= 11 is 0. The zero-order chi connectivity index (χ0) is 16.5. The number of carbonyl (C=O) groups is 1. The molecule has 24 heavy (non-hydrogen) atoms. The summed E-state index contributed by atoms with van der Waals surface area (Å²) in [7, 11) is 0. The second-order valence-electron chi connectivity index (χ2n) is 6.24. The van der Waals surface area contributed by atoms with E-state index in [1.165, 1.54) is 12.1 Å². The summed E-state index contributed by atoms with van der Waals surface area (Å²) in [6.07, 6.45) is 1.60. The zero-order valence-corrected chi connectivity index (χ0v) is 13.2. The number of rotatable bonds is 3. The first-order chi connectivity index (χ1) is 11.7. The Hall–Kier alpha value is -2.40. The van der Waals surface area contributed by atoms with Crippen molar-refractivity contribution in [2.24, 2.45) is 0 Å². The second-order valence-corrected chi connectivity index (χ2v) is 6.24. The van der Waals surface area contributed by atoms with Gasteiger partial charge in [-0.15, -0.1) is 0 Å². The third-order valence-electron chi connectivity index (χ3n) is 4.61. The number of carbonyl (C=O) groups excluding carboxylic acids is 1. The molecule has 2 aromatic rings. The Labute approximate surface area is 140 Å². The van der Waals surface area contributed by atoms with Crippen LogP contribution in [-0.4, -0.2) is 30.1 Å². The van der Waals surface area contributed by atoms with Gasteiger partial charge < -0.3 is 15.0 Å². The molecule has 4 nitrogen and oxygen atoms in total. The average molecular weight is 326 g/mol. The van der Waals surface area contributed by atoms with Gasteiger partial charge in [-0.1, -0.05) is 24.3 Å². The van der Waals surface area contributed by atoms with Gasteiger partial charge in [0.1, 0.15) is 12.0 Å². The van der Waals surface area contributed by atoms with Crippen molar-refractivity contribution in [2.75, 3.05) is 18.5 Å². The molecule has 0 aliphatic carbocycles. The zero-order valence-electron chi connectivity index (χ0n) is 13.2. The second kappa shape index (κ2) is 6.24. The van der Waals surface area contributed by atoms with E-state index in [2.05, 4.69) is 5.32 Å². The number of nitrogens with one attached hydrogen (secondary N) is 1. The van der Waals surface area contributed by atoms with Crippen molar-refractivity contribution in [3.05, 3.63) is 65.5 Å². The van der Waals surface area contributed by atoms with Gasteiger partial charge in [0, 0.05) is 18.8 Å². The molecule has 2 aliphatic heterocycles. The lowest BCUT2D eigenvalue weighted by Crippen LogP contribution is -2.46. The first kappa shape index (κ1) is 15.1. The van der Waals surface area contributed by atoms with E-state index in [1.807, 2.05) is 30.3 Å². The number of fused-ring (bicyclic) bond motifs is 1. The Morgan fingerprint density at radius 1 is 1.21 bits per heavy atom. The largest absolute Gasteiger partial charge is 0.376 e. The molecule has 0 aromatic heterocycles. The molecule has 0 bridgehead atoms. The fourth-order valence-corrected chi connectivity index (χ4v) is 3.43. The quantitative estimate of drug-likeness (QED) is 0.937. The number of anilines is 1. The van der Waals surface area contributed by atoms with E-state index in [0.717, 1.165) is 30.7 Å². The van der Waals surface area contributed by atoms with Crippen molar-refractivity contribution in [3.63, 3.8) is 0 Å². The molecule has 2 heterocycles. The van der Waals surface area contributed by atoms with Crippen LogP contribution in [0.25, 0.3) is 0 Å². The molecule has 0 spiro atoms. The lowest BCUT2D eigenvalue weighted by Gasteiger charge is -2.39. The number of halogens is 1. The maximum Gasteiger partial charge on any atom is 0.257 e. The van der Waals surface area contributed by atoms with Crippen molar-refractivity contribution in [1.29, 1.82) is 0 Å². The average Bonchev–Trinajstić information content (AvgIpc) is 3.10. The molecule has 1 fully saturated rings. The minimum absolute atomic E-state index is 0.0390. The standard InChI is InChI=1S/C19H19FN2O2/c20-14-6-3-5-13(11-14)18-21-17-9-2-1-8-16(17)19(23)22(18)12-15-7-4-10-24-15/h1-3,5-6,8-9,11,15,18,21H,4,7,10,12H2/t15-,18-/m1/s1. The van der Waals surface area contributed by atoms with Crippen LogP contribution >= 0.6 is 0 Å². The smallest absolute Gasteiger partial charge is 0.257 e. The number of benzene rings is 2. The third kappa shape index (κ3) is 2.76. The van der Waals surface area contributed by atoms with E-state index < -0.39 is 6.17 Å². The summed E-state index contributed by atoms with van der Waals surface area (Å²) in [5, 5.41) is 3.38. The van der Waals surface area contributed by atoms with Gasteiger partial charge in [0.2, 0.25) is 0 Å². The minimum Gasteiger partial charge on any atom is -0.376 e.